The minimum Gasteiger partial charge on any atom is -0.381 e. The van der Waals surface area contributed by atoms with Crippen molar-refractivity contribution in [3.05, 3.63) is 17.8 Å². The zero-order chi connectivity index (χ0) is 26.1. The summed E-state index contributed by atoms with van der Waals surface area (Å²) >= 11 is 0. The van der Waals surface area contributed by atoms with Crippen LogP contribution in [0.4, 0.5) is 29.5 Å². The lowest BCUT2D eigenvalue weighted by Crippen LogP contribution is -2.53. The number of urea groups is 1. The average Bonchev–Trinajstić information content (AvgIpc) is 3.07. The molecular weight excluding hydrogens is 479 g/mol. The Hall–Kier alpha value is -2.89. The summed E-state index contributed by atoms with van der Waals surface area (Å²) in [6.07, 6.45) is 1.15. The number of amides is 4. The van der Waals surface area contributed by atoms with E-state index in [9.17, 15) is 27.6 Å². The first-order valence-electron chi connectivity index (χ1n) is 12.3. The van der Waals surface area contributed by atoms with Gasteiger partial charge in [0.15, 0.2) is 0 Å². The van der Waals surface area contributed by atoms with Crippen molar-refractivity contribution in [3.8, 4) is 0 Å². The molecule has 9 nitrogen and oxygen atoms in total. The normalized spacial score (nSPS) is 24.0. The van der Waals surface area contributed by atoms with Crippen molar-refractivity contribution in [2.45, 2.75) is 63.1 Å². The van der Waals surface area contributed by atoms with E-state index < -0.39 is 36.1 Å². The van der Waals surface area contributed by atoms with Crippen LogP contribution in [0.3, 0.4) is 0 Å². The van der Waals surface area contributed by atoms with E-state index in [1.54, 1.807) is 12.3 Å². The van der Waals surface area contributed by atoms with Crippen LogP contribution in [0.15, 0.2) is 12.3 Å². The van der Waals surface area contributed by atoms with Gasteiger partial charge in [-0.2, -0.15) is 13.2 Å². The third-order valence-corrected chi connectivity index (χ3v) is 7.56. The molecule has 1 saturated heterocycles. The fraction of sp³-hybridized carbons (Fsp3) is 0.667. The molecule has 1 spiro atoms. The van der Waals surface area contributed by atoms with Crippen LogP contribution in [0.1, 0.15) is 51.0 Å². The molecule has 1 unspecified atom stereocenters. The van der Waals surface area contributed by atoms with E-state index in [0.717, 1.165) is 25.5 Å². The molecule has 0 radical (unpaired) electrons. The molecule has 0 aromatic carbocycles. The number of rotatable bonds is 5. The molecule has 1 aliphatic carbocycles. The average molecular weight is 512 g/mol. The van der Waals surface area contributed by atoms with Gasteiger partial charge in [-0.3, -0.25) is 9.59 Å². The fourth-order valence-electron chi connectivity index (χ4n) is 5.39. The van der Waals surface area contributed by atoms with Gasteiger partial charge in [0.25, 0.3) is 0 Å². The summed E-state index contributed by atoms with van der Waals surface area (Å²) in [5, 5.41) is 8.08. The molecule has 1 saturated carbocycles. The van der Waals surface area contributed by atoms with Crippen molar-refractivity contribution in [2.24, 2.45) is 11.8 Å². The summed E-state index contributed by atoms with van der Waals surface area (Å²) in [5.74, 6) is -0.228. The topological polar surface area (TPSA) is 113 Å². The number of aromatic nitrogens is 1. The van der Waals surface area contributed by atoms with E-state index in [1.807, 2.05) is 0 Å². The molecule has 1 aromatic rings. The Morgan fingerprint density at radius 3 is 2.56 bits per heavy atom. The summed E-state index contributed by atoms with van der Waals surface area (Å²) in [7, 11) is 1.04. The molecule has 4 amide bonds. The summed E-state index contributed by atoms with van der Waals surface area (Å²) in [4.78, 5) is 43.4. The van der Waals surface area contributed by atoms with Gasteiger partial charge in [0.2, 0.25) is 11.8 Å². The number of hydrogen-bond acceptors (Lipinski definition) is 5. The van der Waals surface area contributed by atoms with Gasteiger partial charge in [-0.25, -0.2) is 9.78 Å². The van der Waals surface area contributed by atoms with E-state index in [4.69, 9.17) is 4.74 Å². The van der Waals surface area contributed by atoms with Gasteiger partial charge in [-0.1, -0.05) is 19.8 Å². The Morgan fingerprint density at radius 2 is 1.92 bits per heavy atom. The molecule has 0 bridgehead atoms. The summed E-state index contributed by atoms with van der Waals surface area (Å²) in [5.41, 5.74) is 0.625. The first-order chi connectivity index (χ1) is 17.0. The van der Waals surface area contributed by atoms with Gasteiger partial charge in [-0.15, -0.1) is 0 Å². The second-order valence-corrected chi connectivity index (χ2v) is 10.2. The lowest BCUT2D eigenvalue weighted by Gasteiger charge is -2.33. The SMILES string of the molecule is CC1CCC(C(NC(=O)N(C)CC(F)(F)F)C(=O)Nc2cc3c(cn2)C2(CCOCC2)C(=O)N3)CC1. The quantitative estimate of drug-likeness (QED) is 0.561. The van der Waals surface area contributed by atoms with E-state index in [-0.39, 0.29) is 17.6 Å². The molecule has 12 heteroatoms. The van der Waals surface area contributed by atoms with Crippen molar-refractivity contribution in [1.82, 2.24) is 15.2 Å². The Morgan fingerprint density at radius 1 is 1.25 bits per heavy atom. The predicted octanol–water partition coefficient (Wildman–Crippen LogP) is 3.42. The lowest BCUT2D eigenvalue weighted by molar-refractivity contribution is -0.137. The highest BCUT2D eigenvalue weighted by molar-refractivity contribution is 6.07. The van der Waals surface area contributed by atoms with Gasteiger partial charge < -0.3 is 25.6 Å². The number of carbonyl (C=O) groups excluding carboxylic acids is 3. The Labute approximate surface area is 207 Å². The molecule has 3 N–H and O–H groups in total. The molecular formula is C24H32F3N5O4. The summed E-state index contributed by atoms with van der Waals surface area (Å²) in [6.45, 7) is 1.62. The standard InChI is InChI=1S/C24H32F3N5O4/c1-14-3-5-15(6-4-14)19(31-22(35)32(2)13-24(25,26)27)20(33)30-18-11-17-16(12-28-18)23(21(34)29-17)7-9-36-10-8-23/h11-12,14-15,19H,3-10,13H2,1-2H3,(H,29,34)(H,31,35)(H,28,30,33). The van der Waals surface area contributed by atoms with Crippen molar-refractivity contribution in [2.75, 3.05) is 37.4 Å². The van der Waals surface area contributed by atoms with Crippen LogP contribution in [0.2, 0.25) is 0 Å². The molecule has 3 aliphatic rings. The number of ether oxygens (including phenoxy) is 1. The molecule has 1 atom stereocenters. The molecule has 3 heterocycles. The van der Waals surface area contributed by atoms with Crippen molar-refractivity contribution in [3.63, 3.8) is 0 Å². The number of nitrogens with zero attached hydrogens (tertiary/aromatic N) is 2. The fourth-order valence-corrected chi connectivity index (χ4v) is 5.39. The van der Waals surface area contributed by atoms with Crippen LogP contribution in [0, 0.1) is 11.8 Å². The van der Waals surface area contributed by atoms with Crippen molar-refractivity contribution < 1.29 is 32.3 Å². The molecule has 2 fully saturated rings. The van der Waals surface area contributed by atoms with Crippen LogP contribution in [0.25, 0.3) is 0 Å². The van der Waals surface area contributed by atoms with Gasteiger partial charge in [0, 0.05) is 38.1 Å². The molecule has 1 aromatic heterocycles. The highest BCUT2D eigenvalue weighted by atomic mass is 19.4. The zero-order valence-electron chi connectivity index (χ0n) is 20.4. The smallest absolute Gasteiger partial charge is 0.381 e. The van der Waals surface area contributed by atoms with E-state index in [0.29, 0.717) is 55.4 Å². The maximum Gasteiger partial charge on any atom is 0.406 e. The summed E-state index contributed by atoms with van der Waals surface area (Å²) in [6, 6.07) is -0.415. The molecule has 4 rings (SSSR count). The third-order valence-electron chi connectivity index (χ3n) is 7.56. The van der Waals surface area contributed by atoms with E-state index in [2.05, 4.69) is 27.9 Å². The summed E-state index contributed by atoms with van der Waals surface area (Å²) < 4.78 is 43.7. The molecule has 2 aliphatic heterocycles. The van der Waals surface area contributed by atoms with Gasteiger partial charge in [-0.05, 0) is 37.5 Å². The molecule has 36 heavy (non-hydrogen) atoms. The van der Waals surface area contributed by atoms with Crippen LogP contribution in [-0.4, -0.2) is 66.8 Å². The number of nitrogens with one attached hydrogen (secondary N) is 3. The van der Waals surface area contributed by atoms with Crippen LogP contribution in [0.5, 0.6) is 0 Å². The Bertz CT molecular complexity index is 1000. The maximum atomic E-state index is 13.3. The first kappa shape index (κ1) is 26.2. The van der Waals surface area contributed by atoms with Crippen LogP contribution in [-0.2, 0) is 19.7 Å². The molecule has 198 valence electrons. The number of anilines is 2. The van der Waals surface area contributed by atoms with Crippen molar-refractivity contribution >= 4 is 29.4 Å². The van der Waals surface area contributed by atoms with Crippen LogP contribution >= 0.6 is 0 Å². The highest BCUT2D eigenvalue weighted by Crippen LogP contribution is 2.44. The highest BCUT2D eigenvalue weighted by Gasteiger charge is 2.48. The minimum absolute atomic E-state index is 0.125. The van der Waals surface area contributed by atoms with Gasteiger partial charge >= 0.3 is 12.2 Å². The Kier molecular flexibility index (Phi) is 7.44. The van der Waals surface area contributed by atoms with Crippen LogP contribution < -0.4 is 16.0 Å². The number of hydrogen-bond donors (Lipinski definition) is 3. The van der Waals surface area contributed by atoms with E-state index in [1.165, 1.54) is 0 Å². The van der Waals surface area contributed by atoms with Crippen molar-refractivity contribution in [1.29, 1.82) is 0 Å². The second kappa shape index (κ2) is 10.2. The van der Waals surface area contributed by atoms with Gasteiger partial charge in [0.1, 0.15) is 18.4 Å². The number of pyridine rings is 1. The Balaban J connectivity index is 1.50. The number of carbonyl (C=O) groups is 3. The zero-order valence-corrected chi connectivity index (χ0v) is 20.4. The predicted molar refractivity (Wildman–Crippen MR) is 125 cm³/mol. The second-order valence-electron chi connectivity index (χ2n) is 10.2. The minimum atomic E-state index is -4.55. The monoisotopic (exact) mass is 511 g/mol. The maximum absolute atomic E-state index is 13.3. The first-order valence-corrected chi connectivity index (χ1v) is 12.3. The number of fused-ring (bicyclic) bond motifs is 2. The number of halogens is 3. The van der Waals surface area contributed by atoms with E-state index >= 15 is 0 Å². The van der Waals surface area contributed by atoms with Gasteiger partial charge in [0.05, 0.1) is 11.1 Å². The largest absolute Gasteiger partial charge is 0.406 e. The lowest BCUT2D eigenvalue weighted by atomic mass is 9.76. The number of alkyl halides is 3. The third kappa shape index (κ3) is 5.58.